The summed E-state index contributed by atoms with van der Waals surface area (Å²) in [7, 11) is 1.64. The number of hydrogen-bond acceptors (Lipinski definition) is 6. The van der Waals surface area contributed by atoms with Crippen molar-refractivity contribution < 1.29 is 0 Å². The van der Waals surface area contributed by atoms with E-state index in [0.717, 1.165) is 43.1 Å². The number of nitrogens with zero attached hydrogens (tertiary/aromatic N) is 5. The average molecular weight is 479 g/mol. The van der Waals surface area contributed by atoms with Crippen LogP contribution in [-0.2, 0) is 13.6 Å². The van der Waals surface area contributed by atoms with Crippen molar-refractivity contribution in [3.8, 4) is 22.5 Å². The molecule has 0 unspecified atom stereocenters. The van der Waals surface area contributed by atoms with Crippen molar-refractivity contribution in [3.05, 3.63) is 94.9 Å². The molecule has 0 amide bonds. The monoisotopic (exact) mass is 478 g/mol. The fourth-order valence-corrected chi connectivity index (χ4v) is 5.32. The number of likely N-dealkylation sites (tertiary alicyclic amines) is 1. The van der Waals surface area contributed by atoms with Crippen molar-refractivity contribution >= 4 is 11.4 Å². The molecular weight excluding hydrogens is 448 g/mol. The van der Waals surface area contributed by atoms with Crippen molar-refractivity contribution in [2.24, 2.45) is 7.05 Å². The fourth-order valence-electron chi connectivity index (χ4n) is 5.32. The first-order valence-corrected chi connectivity index (χ1v) is 12.6. The second kappa shape index (κ2) is 9.59. The Morgan fingerprint density at radius 1 is 0.861 bits per heavy atom. The van der Waals surface area contributed by atoms with E-state index < -0.39 is 0 Å². The van der Waals surface area contributed by atoms with Crippen LogP contribution in [0.25, 0.3) is 22.5 Å². The number of rotatable bonds is 5. The summed E-state index contributed by atoms with van der Waals surface area (Å²) in [6, 6.07) is 27.5. The highest BCUT2D eigenvalue weighted by atomic mass is 16.1. The lowest BCUT2D eigenvalue weighted by Gasteiger charge is -2.37. The van der Waals surface area contributed by atoms with Crippen LogP contribution in [0.15, 0.2) is 83.7 Å². The van der Waals surface area contributed by atoms with Gasteiger partial charge in [-0.05, 0) is 30.5 Å². The summed E-state index contributed by atoms with van der Waals surface area (Å²) in [6.07, 6.45) is 2.34. The fraction of sp³-hybridized carbons (Fsp3) is 0.276. The number of nitrogens with one attached hydrogen (secondary N) is 1. The molecule has 1 aromatic heterocycles. The van der Waals surface area contributed by atoms with Gasteiger partial charge in [-0.1, -0.05) is 66.7 Å². The molecule has 3 heterocycles. The summed E-state index contributed by atoms with van der Waals surface area (Å²) < 4.78 is 1.30. The number of aromatic nitrogens is 3. The van der Waals surface area contributed by atoms with Crippen LogP contribution in [0, 0.1) is 0 Å². The molecule has 3 aromatic carbocycles. The largest absolute Gasteiger partial charge is 0.366 e. The number of para-hydroxylation sites is 2. The van der Waals surface area contributed by atoms with Gasteiger partial charge in [-0.25, -0.2) is 9.48 Å². The SMILES string of the molecule is Cn1nc(-c2ccc(CN3CCC(N4CNc5ccccc54)CC3)cc2)c(-c2ccccc2)nc1=O. The van der Waals surface area contributed by atoms with Crippen LogP contribution in [0.2, 0.25) is 0 Å². The minimum Gasteiger partial charge on any atom is -0.366 e. The molecule has 1 fully saturated rings. The van der Waals surface area contributed by atoms with Crippen molar-refractivity contribution in [1.29, 1.82) is 0 Å². The molecule has 4 aromatic rings. The predicted molar refractivity (Wildman–Crippen MR) is 144 cm³/mol. The molecule has 0 bridgehead atoms. The lowest BCUT2D eigenvalue weighted by Crippen LogP contribution is -2.44. The smallest absolute Gasteiger partial charge is 0.364 e. The highest BCUT2D eigenvalue weighted by molar-refractivity contribution is 5.77. The molecule has 36 heavy (non-hydrogen) atoms. The third-order valence-electron chi connectivity index (χ3n) is 7.29. The van der Waals surface area contributed by atoms with Gasteiger partial charge in [-0.3, -0.25) is 4.90 Å². The lowest BCUT2D eigenvalue weighted by molar-refractivity contribution is 0.202. The summed E-state index contributed by atoms with van der Waals surface area (Å²) >= 11 is 0. The second-order valence-electron chi connectivity index (χ2n) is 9.61. The Morgan fingerprint density at radius 3 is 2.33 bits per heavy atom. The number of aryl methyl sites for hydroxylation is 1. The van der Waals surface area contributed by atoms with Gasteiger partial charge in [-0.15, -0.1) is 0 Å². The standard InChI is InChI=1S/C29H30N6O/c1-33-29(36)31-27(22-7-3-2-4-8-22)28(32-33)23-13-11-21(12-14-23)19-34-17-15-24(16-18-34)35-20-30-25-9-5-6-10-26(25)35/h2-14,24,30H,15-20H2,1H3. The summed E-state index contributed by atoms with van der Waals surface area (Å²) in [5, 5.41) is 8.07. The number of anilines is 2. The van der Waals surface area contributed by atoms with Crippen LogP contribution in [0.3, 0.4) is 0 Å². The van der Waals surface area contributed by atoms with Crippen LogP contribution in [0.5, 0.6) is 0 Å². The zero-order valence-electron chi connectivity index (χ0n) is 20.5. The summed E-state index contributed by atoms with van der Waals surface area (Å²) in [6.45, 7) is 4.03. The molecule has 0 radical (unpaired) electrons. The molecular formula is C29H30N6O. The van der Waals surface area contributed by atoms with Crippen molar-refractivity contribution in [3.63, 3.8) is 0 Å². The Labute approximate surface area is 211 Å². The Hall–Kier alpha value is -3.97. The predicted octanol–water partition coefficient (Wildman–Crippen LogP) is 4.36. The van der Waals surface area contributed by atoms with E-state index >= 15 is 0 Å². The molecule has 2 aliphatic rings. The Morgan fingerprint density at radius 2 is 1.56 bits per heavy atom. The molecule has 0 saturated carbocycles. The van der Waals surface area contributed by atoms with Gasteiger partial charge in [0.1, 0.15) is 11.4 Å². The topological polar surface area (TPSA) is 66.3 Å². The maximum absolute atomic E-state index is 12.2. The van der Waals surface area contributed by atoms with Gasteiger partial charge in [0.05, 0.1) is 18.0 Å². The summed E-state index contributed by atoms with van der Waals surface area (Å²) in [4.78, 5) is 21.6. The van der Waals surface area contributed by atoms with Gasteiger partial charge in [-0.2, -0.15) is 10.1 Å². The van der Waals surface area contributed by atoms with Crippen LogP contribution in [0.4, 0.5) is 11.4 Å². The van der Waals surface area contributed by atoms with E-state index in [4.69, 9.17) is 0 Å². The first-order chi connectivity index (χ1) is 17.7. The highest BCUT2D eigenvalue weighted by Crippen LogP contribution is 2.35. The zero-order valence-corrected chi connectivity index (χ0v) is 20.5. The Balaban J connectivity index is 1.14. The van der Waals surface area contributed by atoms with Crippen molar-refractivity contribution in [1.82, 2.24) is 19.7 Å². The molecule has 1 saturated heterocycles. The van der Waals surface area contributed by atoms with Crippen LogP contribution >= 0.6 is 0 Å². The first kappa shape index (κ1) is 22.5. The van der Waals surface area contributed by atoms with E-state index in [2.05, 4.69) is 73.7 Å². The molecule has 6 rings (SSSR count). The molecule has 1 N–H and O–H groups in total. The van der Waals surface area contributed by atoms with Gasteiger partial charge < -0.3 is 10.2 Å². The Bertz CT molecular complexity index is 1410. The quantitative estimate of drug-likeness (QED) is 0.460. The number of hydrogen-bond donors (Lipinski definition) is 1. The normalized spacial score (nSPS) is 16.1. The van der Waals surface area contributed by atoms with Gasteiger partial charge in [0.15, 0.2) is 0 Å². The van der Waals surface area contributed by atoms with Crippen LogP contribution < -0.4 is 15.9 Å². The molecule has 0 aliphatic carbocycles. The van der Waals surface area contributed by atoms with Gasteiger partial charge in [0.25, 0.3) is 0 Å². The molecule has 2 aliphatic heterocycles. The second-order valence-corrected chi connectivity index (χ2v) is 9.61. The van der Waals surface area contributed by atoms with Gasteiger partial charge in [0, 0.05) is 43.9 Å². The minimum atomic E-state index is -0.356. The van der Waals surface area contributed by atoms with Gasteiger partial charge in [0.2, 0.25) is 0 Å². The maximum Gasteiger partial charge on any atom is 0.364 e. The third-order valence-corrected chi connectivity index (χ3v) is 7.29. The van der Waals surface area contributed by atoms with E-state index in [1.165, 1.54) is 34.5 Å². The maximum atomic E-state index is 12.2. The number of piperidine rings is 1. The molecule has 0 atom stereocenters. The molecule has 0 spiro atoms. The molecule has 182 valence electrons. The van der Waals surface area contributed by atoms with Crippen LogP contribution in [-0.4, -0.2) is 45.5 Å². The first-order valence-electron chi connectivity index (χ1n) is 12.6. The number of fused-ring (bicyclic) bond motifs is 1. The highest BCUT2D eigenvalue weighted by Gasteiger charge is 2.28. The van der Waals surface area contributed by atoms with E-state index in [9.17, 15) is 4.79 Å². The van der Waals surface area contributed by atoms with Crippen molar-refractivity contribution in [2.75, 3.05) is 30.0 Å². The summed E-state index contributed by atoms with van der Waals surface area (Å²) in [5.41, 5.74) is 6.69. The number of benzene rings is 3. The third kappa shape index (κ3) is 4.38. The minimum absolute atomic E-state index is 0.356. The van der Waals surface area contributed by atoms with E-state index in [1.54, 1.807) is 7.05 Å². The van der Waals surface area contributed by atoms with Gasteiger partial charge >= 0.3 is 5.69 Å². The summed E-state index contributed by atoms with van der Waals surface area (Å²) in [5.74, 6) is 0. The lowest BCUT2D eigenvalue weighted by atomic mass is 10.0. The van der Waals surface area contributed by atoms with E-state index in [-0.39, 0.29) is 5.69 Å². The zero-order chi connectivity index (χ0) is 24.5. The average Bonchev–Trinajstić information content (AvgIpc) is 3.36. The Kier molecular flexibility index (Phi) is 5.99. The molecule has 7 heteroatoms. The van der Waals surface area contributed by atoms with E-state index in [0.29, 0.717) is 11.7 Å². The van der Waals surface area contributed by atoms with E-state index in [1.807, 2.05) is 30.3 Å². The van der Waals surface area contributed by atoms with Crippen LogP contribution in [0.1, 0.15) is 18.4 Å². The molecule has 7 nitrogen and oxygen atoms in total. The van der Waals surface area contributed by atoms with Crippen molar-refractivity contribution in [2.45, 2.75) is 25.4 Å².